The number of carbonyl (C=O) groups excluding carboxylic acids is 1. The minimum atomic E-state index is -3.35. The third kappa shape index (κ3) is 4.78. The lowest BCUT2D eigenvalue weighted by molar-refractivity contribution is -0.127. The number of benzene rings is 1. The van der Waals surface area contributed by atoms with Gasteiger partial charge in [0.1, 0.15) is 0 Å². The van der Waals surface area contributed by atoms with Crippen molar-refractivity contribution in [2.24, 2.45) is 5.92 Å². The maximum absolute atomic E-state index is 12.4. The molecule has 0 bridgehead atoms. The molecule has 1 aromatic carbocycles. The van der Waals surface area contributed by atoms with Gasteiger partial charge in [-0.05, 0) is 44.0 Å². The van der Waals surface area contributed by atoms with Crippen LogP contribution in [-0.4, -0.2) is 50.7 Å². The van der Waals surface area contributed by atoms with Crippen LogP contribution >= 0.6 is 0 Å². The lowest BCUT2D eigenvalue weighted by Gasteiger charge is -2.29. The van der Waals surface area contributed by atoms with Gasteiger partial charge in [0.05, 0.1) is 16.7 Å². The minimum Gasteiger partial charge on any atom is -0.354 e. The monoisotopic (exact) mass is 338 g/mol. The molecule has 0 spiro atoms. The van der Waals surface area contributed by atoms with Gasteiger partial charge in [0.15, 0.2) is 9.84 Å². The number of likely N-dealkylation sites (tertiary alicyclic amines) is 1. The Labute approximate surface area is 139 Å². The van der Waals surface area contributed by atoms with Crippen LogP contribution in [0.3, 0.4) is 0 Å². The quantitative estimate of drug-likeness (QED) is 0.822. The van der Waals surface area contributed by atoms with E-state index in [0.29, 0.717) is 4.90 Å². The molecular weight excluding hydrogens is 312 g/mol. The summed E-state index contributed by atoms with van der Waals surface area (Å²) in [5, 5.41) is 2.81. The number of hydrogen-bond donors (Lipinski definition) is 1. The number of sulfone groups is 1. The number of nitrogens with zero attached hydrogens (tertiary/aromatic N) is 1. The summed E-state index contributed by atoms with van der Waals surface area (Å²) in [6.07, 6.45) is 2.25. The topological polar surface area (TPSA) is 66.5 Å². The summed E-state index contributed by atoms with van der Waals surface area (Å²) in [4.78, 5) is 14.9. The molecule has 1 aliphatic heterocycles. The van der Waals surface area contributed by atoms with E-state index in [1.54, 1.807) is 30.3 Å². The molecule has 1 atom stereocenters. The van der Waals surface area contributed by atoms with Gasteiger partial charge in [0.2, 0.25) is 5.91 Å². The van der Waals surface area contributed by atoms with Crippen LogP contribution in [0, 0.1) is 5.92 Å². The second kappa shape index (κ2) is 7.93. The Hall–Kier alpha value is -1.40. The van der Waals surface area contributed by atoms with Crippen molar-refractivity contribution in [1.29, 1.82) is 0 Å². The lowest BCUT2D eigenvalue weighted by atomic mass is 10.0. The molecule has 0 unspecified atom stereocenters. The number of nitrogens with one attached hydrogen (secondary N) is 1. The van der Waals surface area contributed by atoms with Crippen molar-refractivity contribution in [3.8, 4) is 0 Å². The SMILES string of the molecule is CC(C)[C@H](C(=O)NCCS(=O)(=O)c1ccccc1)N1CCCC1. The van der Waals surface area contributed by atoms with Gasteiger partial charge in [-0.1, -0.05) is 32.0 Å². The van der Waals surface area contributed by atoms with Crippen LogP contribution in [0.25, 0.3) is 0 Å². The third-order valence-electron chi connectivity index (χ3n) is 4.21. The van der Waals surface area contributed by atoms with Crippen molar-refractivity contribution in [3.63, 3.8) is 0 Å². The molecule has 0 saturated carbocycles. The van der Waals surface area contributed by atoms with Gasteiger partial charge in [0, 0.05) is 6.54 Å². The number of carbonyl (C=O) groups is 1. The molecule has 1 aromatic rings. The van der Waals surface area contributed by atoms with Gasteiger partial charge in [-0.15, -0.1) is 0 Å². The fourth-order valence-electron chi connectivity index (χ4n) is 3.07. The van der Waals surface area contributed by atoms with Crippen molar-refractivity contribution in [2.45, 2.75) is 37.6 Å². The molecule has 5 nitrogen and oxygen atoms in total. The molecule has 0 aromatic heterocycles. The van der Waals surface area contributed by atoms with Crippen LogP contribution in [0.4, 0.5) is 0 Å². The summed E-state index contributed by atoms with van der Waals surface area (Å²) in [5.41, 5.74) is 0. The molecule has 1 N–H and O–H groups in total. The van der Waals surface area contributed by atoms with E-state index in [1.165, 1.54) is 0 Å². The van der Waals surface area contributed by atoms with E-state index < -0.39 is 9.84 Å². The molecule has 128 valence electrons. The van der Waals surface area contributed by atoms with Crippen molar-refractivity contribution < 1.29 is 13.2 Å². The molecule has 0 aliphatic carbocycles. The highest BCUT2D eigenvalue weighted by Gasteiger charge is 2.30. The normalized spacial score (nSPS) is 17.3. The highest BCUT2D eigenvalue weighted by Crippen LogP contribution is 2.18. The molecule has 1 aliphatic rings. The summed E-state index contributed by atoms with van der Waals surface area (Å²) >= 11 is 0. The van der Waals surface area contributed by atoms with E-state index in [9.17, 15) is 13.2 Å². The van der Waals surface area contributed by atoms with Crippen molar-refractivity contribution >= 4 is 15.7 Å². The zero-order chi connectivity index (χ0) is 16.9. The average molecular weight is 338 g/mol. The molecule has 1 amide bonds. The first-order valence-electron chi connectivity index (χ1n) is 8.21. The van der Waals surface area contributed by atoms with Crippen LogP contribution in [-0.2, 0) is 14.6 Å². The Morgan fingerprint density at radius 1 is 1.17 bits per heavy atom. The van der Waals surface area contributed by atoms with Gasteiger partial charge < -0.3 is 5.32 Å². The summed E-state index contributed by atoms with van der Waals surface area (Å²) in [7, 11) is -3.35. The first kappa shape index (κ1) is 17.9. The van der Waals surface area contributed by atoms with Crippen LogP contribution in [0.5, 0.6) is 0 Å². The maximum Gasteiger partial charge on any atom is 0.237 e. The number of amides is 1. The molecule has 23 heavy (non-hydrogen) atoms. The van der Waals surface area contributed by atoms with E-state index in [1.807, 2.05) is 13.8 Å². The largest absolute Gasteiger partial charge is 0.354 e. The summed E-state index contributed by atoms with van der Waals surface area (Å²) in [6.45, 7) is 6.09. The van der Waals surface area contributed by atoms with Crippen molar-refractivity contribution in [3.05, 3.63) is 30.3 Å². The first-order chi connectivity index (χ1) is 10.9. The second-order valence-corrected chi connectivity index (χ2v) is 8.46. The molecule has 1 saturated heterocycles. The molecule has 6 heteroatoms. The summed E-state index contributed by atoms with van der Waals surface area (Å²) in [6, 6.07) is 8.18. The minimum absolute atomic E-state index is 0.0647. The van der Waals surface area contributed by atoms with Crippen LogP contribution in [0.15, 0.2) is 35.2 Å². The van der Waals surface area contributed by atoms with Gasteiger partial charge in [-0.3, -0.25) is 9.69 Å². The van der Waals surface area contributed by atoms with Crippen LogP contribution < -0.4 is 5.32 Å². The molecule has 2 rings (SSSR count). The smallest absolute Gasteiger partial charge is 0.237 e. The van der Waals surface area contributed by atoms with E-state index >= 15 is 0 Å². The number of hydrogen-bond acceptors (Lipinski definition) is 4. The molecular formula is C17H26N2O3S. The summed E-state index contributed by atoms with van der Waals surface area (Å²) < 4.78 is 24.4. The van der Waals surface area contributed by atoms with Crippen molar-refractivity contribution in [2.75, 3.05) is 25.4 Å². The second-order valence-electron chi connectivity index (χ2n) is 6.35. The van der Waals surface area contributed by atoms with Crippen LogP contribution in [0.2, 0.25) is 0 Å². The highest BCUT2D eigenvalue weighted by molar-refractivity contribution is 7.91. The Morgan fingerprint density at radius 2 is 1.78 bits per heavy atom. The summed E-state index contributed by atoms with van der Waals surface area (Å²) in [5.74, 6) is 0.0668. The standard InChI is InChI=1S/C17H26N2O3S/c1-14(2)16(19-11-6-7-12-19)17(20)18-10-13-23(21,22)15-8-4-3-5-9-15/h3-5,8-9,14,16H,6-7,10-13H2,1-2H3,(H,18,20)/t16-/m1/s1. The lowest BCUT2D eigenvalue weighted by Crippen LogP contribution is -2.49. The maximum atomic E-state index is 12.4. The van der Waals surface area contributed by atoms with E-state index in [4.69, 9.17) is 0 Å². The fraction of sp³-hybridized carbons (Fsp3) is 0.588. The third-order valence-corrected chi connectivity index (χ3v) is 5.94. The first-order valence-corrected chi connectivity index (χ1v) is 9.86. The zero-order valence-corrected chi connectivity index (χ0v) is 14.7. The Bertz CT molecular complexity index is 608. The van der Waals surface area contributed by atoms with Gasteiger partial charge in [-0.2, -0.15) is 0 Å². The Kier molecular flexibility index (Phi) is 6.18. The Morgan fingerprint density at radius 3 is 2.35 bits per heavy atom. The van der Waals surface area contributed by atoms with E-state index in [2.05, 4.69) is 10.2 Å². The van der Waals surface area contributed by atoms with Gasteiger partial charge >= 0.3 is 0 Å². The van der Waals surface area contributed by atoms with E-state index in [0.717, 1.165) is 25.9 Å². The zero-order valence-electron chi connectivity index (χ0n) is 13.9. The highest BCUT2D eigenvalue weighted by atomic mass is 32.2. The molecule has 1 heterocycles. The van der Waals surface area contributed by atoms with Crippen molar-refractivity contribution in [1.82, 2.24) is 10.2 Å². The van der Waals surface area contributed by atoms with Gasteiger partial charge in [0.25, 0.3) is 0 Å². The van der Waals surface area contributed by atoms with Gasteiger partial charge in [-0.25, -0.2) is 8.42 Å². The predicted octanol–water partition coefficient (Wildman–Crippen LogP) is 1.70. The van der Waals surface area contributed by atoms with Crippen LogP contribution in [0.1, 0.15) is 26.7 Å². The fourth-order valence-corrected chi connectivity index (χ4v) is 4.25. The average Bonchev–Trinajstić information content (AvgIpc) is 3.01. The Balaban J connectivity index is 1.90. The molecule has 0 radical (unpaired) electrons. The predicted molar refractivity (Wildman–Crippen MR) is 90.9 cm³/mol. The van der Waals surface area contributed by atoms with E-state index in [-0.39, 0.29) is 30.2 Å². The number of rotatable bonds is 7. The molecule has 1 fully saturated rings.